The van der Waals surface area contributed by atoms with Gasteiger partial charge < -0.3 is 24.9 Å². The lowest BCUT2D eigenvalue weighted by Gasteiger charge is -2.33. The van der Waals surface area contributed by atoms with Crippen molar-refractivity contribution in [2.45, 2.75) is 58.1 Å². The van der Waals surface area contributed by atoms with Crippen molar-refractivity contribution in [3.8, 4) is 11.3 Å². The summed E-state index contributed by atoms with van der Waals surface area (Å²) >= 11 is 0. The summed E-state index contributed by atoms with van der Waals surface area (Å²) in [5.74, 6) is 1.50. The molecule has 1 heterocycles. The number of hydrogen-bond acceptors (Lipinski definition) is 6. The van der Waals surface area contributed by atoms with Crippen molar-refractivity contribution in [2.24, 2.45) is 5.92 Å². The van der Waals surface area contributed by atoms with Crippen LogP contribution in [0.3, 0.4) is 0 Å². The highest BCUT2D eigenvalue weighted by atomic mass is 16.5. The second kappa shape index (κ2) is 12.6. The van der Waals surface area contributed by atoms with Gasteiger partial charge in [0.1, 0.15) is 11.5 Å². The van der Waals surface area contributed by atoms with Gasteiger partial charge in [-0.05, 0) is 75.8 Å². The van der Waals surface area contributed by atoms with E-state index in [-0.39, 0.29) is 37.0 Å². The standard InChI is InChI=1S/C30H36N2O5/c1-3-36-28(34)17-18-31-30(35)23-9-13-24(14-10-23)32-29(22-11-15-25(33)16-12-22)26-19-27(37-20(26)2)21-7-5-4-6-8-21/h4-10,13-14,19,22,25,29,32-33H,3,11-12,15-18H2,1-2H3,(H,31,35). The number of furan rings is 1. The summed E-state index contributed by atoms with van der Waals surface area (Å²) in [7, 11) is 0. The van der Waals surface area contributed by atoms with Crippen LogP contribution in [0.1, 0.15) is 66.8 Å². The van der Waals surface area contributed by atoms with Crippen molar-refractivity contribution >= 4 is 17.6 Å². The maximum Gasteiger partial charge on any atom is 0.307 e. The van der Waals surface area contributed by atoms with Crippen molar-refractivity contribution in [3.05, 3.63) is 77.6 Å². The molecule has 2 aromatic carbocycles. The lowest BCUT2D eigenvalue weighted by molar-refractivity contribution is -0.142. The van der Waals surface area contributed by atoms with Gasteiger partial charge in [-0.3, -0.25) is 9.59 Å². The Labute approximate surface area is 218 Å². The Kier molecular flexibility index (Phi) is 9.01. The van der Waals surface area contributed by atoms with Crippen LogP contribution in [0.25, 0.3) is 11.3 Å². The Hall–Kier alpha value is -3.58. The van der Waals surface area contributed by atoms with Gasteiger partial charge in [-0.2, -0.15) is 0 Å². The maximum atomic E-state index is 12.5. The van der Waals surface area contributed by atoms with Gasteiger partial charge in [0.2, 0.25) is 0 Å². The van der Waals surface area contributed by atoms with E-state index in [0.29, 0.717) is 18.1 Å². The first kappa shape index (κ1) is 26.5. The minimum absolute atomic E-state index is 0.0120. The van der Waals surface area contributed by atoms with Crippen LogP contribution in [-0.4, -0.2) is 36.2 Å². The van der Waals surface area contributed by atoms with Gasteiger partial charge in [-0.15, -0.1) is 0 Å². The van der Waals surface area contributed by atoms with Crippen LogP contribution in [0.4, 0.5) is 5.69 Å². The molecule has 3 N–H and O–H groups in total. The SMILES string of the molecule is CCOC(=O)CCNC(=O)c1ccc(NC(c2cc(-c3ccccc3)oc2C)C2CCC(O)CC2)cc1. The zero-order valence-corrected chi connectivity index (χ0v) is 21.5. The summed E-state index contributed by atoms with van der Waals surface area (Å²) in [6, 6.07) is 19.6. The Morgan fingerprint density at radius 1 is 1.05 bits per heavy atom. The Bertz CT molecular complexity index is 1160. The van der Waals surface area contributed by atoms with E-state index in [2.05, 4.69) is 16.7 Å². The van der Waals surface area contributed by atoms with E-state index >= 15 is 0 Å². The number of benzene rings is 2. The first-order chi connectivity index (χ1) is 17.9. The quantitative estimate of drug-likeness (QED) is 0.309. The second-order valence-electron chi connectivity index (χ2n) is 9.57. The van der Waals surface area contributed by atoms with Crippen LogP contribution in [0.5, 0.6) is 0 Å². The fourth-order valence-corrected chi connectivity index (χ4v) is 4.94. The lowest BCUT2D eigenvalue weighted by Crippen LogP contribution is -2.28. The van der Waals surface area contributed by atoms with Crippen LogP contribution in [0, 0.1) is 12.8 Å². The average Bonchev–Trinajstić information content (AvgIpc) is 3.30. The molecule has 0 bridgehead atoms. The molecule has 1 amide bonds. The number of aryl methyl sites for hydroxylation is 1. The van der Waals surface area contributed by atoms with Crippen LogP contribution >= 0.6 is 0 Å². The molecular formula is C30H36N2O5. The van der Waals surface area contributed by atoms with Crippen molar-refractivity contribution in [1.29, 1.82) is 0 Å². The minimum atomic E-state index is -0.325. The molecule has 0 aliphatic heterocycles. The molecule has 1 aromatic heterocycles. The number of carbonyl (C=O) groups is 2. The summed E-state index contributed by atoms with van der Waals surface area (Å²) in [6.07, 6.45) is 3.33. The number of aliphatic hydroxyl groups excluding tert-OH is 1. The summed E-state index contributed by atoms with van der Waals surface area (Å²) in [5, 5.41) is 16.5. The van der Waals surface area contributed by atoms with E-state index in [4.69, 9.17) is 9.15 Å². The largest absolute Gasteiger partial charge is 0.466 e. The molecule has 0 radical (unpaired) electrons. The molecule has 7 nitrogen and oxygen atoms in total. The van der Waals surface area contributed by atoms with E-state index < -0.39 is 0 Å². The van der Waals surface area contributed by atoms with Gasteiger partial charge in [0, 0.05) is 28.9 Å². The third-order valence-corrected chi connectivity index (χ3v) is 6.95. The topological polar surface area (TPSA) is 101 Å². The molecule has 0 saturated heterocycles. The van der Waals surface area contributed by atoms with E-state index in [9.17, 15) is 14.7 Å². The fraction of sp³-hybridized carbons (Fsp3) is 0.400. The van der Waals surface area contributed by atoms with Gasteiger partial charge in [-0.25, -0.2) is 0 Å². The first-order valence-electron chi connectivity index (χ1n) is 13.1. The van der Waals surface area contributed by atoms with Crippen LogP contribution < -0.4 is 10.6 Å². The summed E-state index contributed by atoms with van der Waals surface area (Å²) < 4.78 is 11.1. The number of anilines is 1. The fourth-order valence-electron chi connectivity index (χ4n) is 4.94. The van der Waals surface area contributed by atoms with Crippen molar-refractivity contribution in [3.63, 3.8) is 0 Å². The number of carbonyl (C=O) groups excluding carboxylic acids is 2. The third kappa shape index (κ3) is 7.01. The van der Waals surface area contributed by atoms with Gasteiger partial charge >= 0.3 is 5.97 Å². The Morgan fingerprint density at radius 2 is 1.76 bits per heavy atom. The first-order valence-corrected chi connectivity index (χ1v) is 13.1. The molecule has 0 spiro atoms. The van der Waals surface area contributed by atoms with E-state index in [1.807, 2.05) is 49.4 Å². The minimum Gasteiger partial charge on any atom is -0.466 e. The Morgan fingerprint density at radius 3 is 2.43 bits per heavy atom. The molecule has 4 rings (SSSR count). The highest BCUT2D eigenvalue weighted by Gasteiger charge is 2.30. The highest BCUT2D eigenvalue weighted by molar-refractivity contribution is 5.94. The van der Waals surface area contributed by atoms with Crippen molar-refractivity contribution in [1.82, 2.24) is 5.32 Å². The number of esters is 1. The molecule has 37 heavy (non-hydrogen) atoms. The van der Waals surface area contributed by atoms with E-state index in [1.54, 1.807) is 19.1 Å². The maximum absolute atomic E-state index is 12.5. The third-order valence-electron chi connectivity index (χ3n) is 6.95. The monoisotopic (exact) mass is 504 g/mol. The molecule has 1 aliphatic rings. The van der Waals surface area contributed by atoms with Crippen LogP contribution in [0.15, 0.2) is 65.1 Å². The number of rotatable bonds is 10. The van der Waals surface area contributed by atoms with Crippen molar-refractivity contribution in [2.75, 3.05) is 18.5 Å². The number of nitrogens with one attached hydrogen (secondary N) is 2. The predicted octanol–water partition coefficient (Wildman–Crippen LogP) is 5.64. The molecule has 1 aliphatic carbocycles. The Balaban J connectivity index is 1.48. The summed E-state index contributed by atoms with van der Waals surface area (Å²) in [4.78, 5) is 24.0. The average molecular weight is 505 g/mol. The van der Waals surface area contributed by atoms with Gasteiger partial charge in [0.05, 0.1) is 25.2 Å². The molecule has 7 heteroatoms. The van der Waals surface area contributed by atoms with Gasteiger partial charge in [-0.1, -0.05) is 30.3 Å². The van der Waals surface area contributed by atoms with Crippen LogP contribution in [0.2, 0.25) is 0 Å². The summed E-state index contributed by atoms with van der Waals surface area (Å²) in [6.45, 7) is 4.31. The molecule has 1 fully saturated rings. The molecule has 3 aromatic rings. The number of hydrogen-bond donors (Lipinski definition) is 3. The second-order valence-corrected chi connectivity index (χ2v) is 9.57. The number of amides is 1. The predicted molar refractivity (Wildman–Crippen MR) is 143 cm³/mol. The van der Waals surface area contributed by atoms with E-state index in [0.717, 1.165) is 54.0 Å². The zero-order valence-electron chi connectivity index (χ0n) is 21.5. The normalized spacial score (nSPS) is 18.1. The van der Waals surface area contributed by atoms with Gasteiger partial charge in [0.25, 0.3) is 5.91 Å². The highest BCUT2D eigenvalue weighted by Crippen LogP contribution is 2.40. The molecule has 196 valence electrons. The van der Waals surface area contributed by atoms with Gasteiger partial charge in [0.15, 0.2) is 0 Å². The smallest absolute Gasteiger partial charge is 0.307 e. The number of ether oxygens (including phenoxy) is 1. The van der Waals surface area contributed by atoms with E-state index in [1.165, 1.54) is 0 Å². The van der Waals surface area contributed by atoms with Crippen LogP contribution in [-0.2, 0) is 9.53 Å². The number of aliphatic hydroxyl groups is 1. The summed E-state index contributed by atoms with van der Waals surface area (Å²) in [5.41, 5.74) is 3.58. The molecule has 1 atom stereocenters. The molecular weight excluding hydrogens is 468 g/mol. The zero-order chi connectivity index (χ0) is 26.2. The molecule has 1 unspecified atom stereocenters. The lowest BCUT2D eigenvalue weighted by atomic mass is 9.80. The molecule has 1 saturated carbocycles. The van der Waals surface area contributed by atoms with Crippen molar-refractivity contribution < 1.29 is 23.8 Å².